The first-order chi connectivity index (χ1) is 14.7. The standard InChI is InChI=1S/C25H26BN3S/c1-3-4-10-23(29-26)22(15-16-27)25-18(2)17-20(28-25)11-12-21-13-14-24(30-21)19-8-6-5-7-9-19/h3-14,17,29H,15-16,27H2,1-2H3/b4-3-,12-11+,23-10-,25-22-. The van der Waals surface area contributed by atoms with Gasteiger partial charge in [0.1, 0.15) is 0 Å². The van der Waals surface area contributed by atoms with Crippen molar-refractivity contribution in [3.05, 3.63) is 100 Å². The predicted molar refractivity (Wildman–Crippen MR) is 132 cm³/mol. The van der Waals surface area contributed by atoms with Crippen molar-refractivity contribution in [2.24, 2.45) is 10.7 Å². The molecule has 30 heavy (non-hydrogen) atoms. The molecule has 0 unspecified atom stereocenters. The highest BCUT2D eigenvalue weighted by molar-refractivity contribution is 7.16. The first kappa shape index (κ1) is 21.8. The molecule has 2 aromatic rings. The van der Waals surface area contributed by atoms with Gasteiger partial charge in [0, 0.05) is 21.0 Å². The summed E-state index contributed by atoms with van der Waals surface area (Å²) in [6, 6.07) is 14.7. The average molecular weight is 411 g/mol. The van der Waals surface area contributed by atoms with Crippen molar-refractivity contribution in [1.29, 1.82) is 0 Å². The monoisotopic (exact) mass is 411 g/mol. The molecule has 0 bridgehead atoms. The minimum atomic E-state index is 0.527. The van der Waals surface area contributed by atoms with Crippen LogP contribution in [-0.2, 0) is 0 Å². The van der Waals surface area contributed by atoms with Crippen molar-refractivity contribution in [2.45, 2.75) is 20.3 Å². The number of hydrogen-bond donors (Lipinski definition) is 2. The Morgan fingerprint density at radius 1 is 1.17 bits per heavy atom. The third-order valence-corrected chi connectivity index (χ3v) is 5.80. The van der Waals surface area contributed by atoms with Gasteiger partial charge in [-0.1, -0.05) is 42.5 Å². The van der Waals surface area contributed by atoms with Crippen LogP contribution in [0.25, 0.3) is 16.5 Å². The Balaban J connectivity index is 1.86. The quantitative estimate of drug-likeness (QED) is 0.441. The van der Waals surface area contributed by atoms with Gasteiger partial charge in [-0.25, -0.2) is 4.99 Å². The van der Waals surface area contributed by atoms with Gasteiger partial charge in [-0.3, -0.25) is 0 Å². The Labute approximate surface area is 184 Å². The fourth-order valence-electron chi connectivity index (χ4n) is 3.25. The van der Waals surface area contributed by atoms with Gasteiger partial charge >= 0.3 is 0 Å². The van der Waals surface area contributed by atoms with E-state index in [2.05, 4.69) is 66.8 Å². The van der Waals surface area contributed by atoms with E-state index >= 15 is 0 Å². The summed E-state index contributed by atoms with van der Waals surface area (Å²) in [5.41, 5.74) is 11.9. The molecule has 0 atom stereocenters. The van der Waals surface area contributed by atoms with Crippen molar-refractivity contribution in [3.63, 3.8) is 0 Å². The van der Waals surface area contributed by atoms with Gasteiger partial charge in [-0.05, 0) is 74.4 Å². The number of benzene rings is 1. The van der Waals surface area contributed by atoms with Gasteiger partial charge in [-0.15, -0.1) is 11.3 Å². The second kappa shape index (κ2) is 10.8. The van der Waals surface area contributed by atoms with Gasteiger partial charge in [0.05, 0.1) is 11.4 Å². The smallest absolute Gasteiger partial charge is 0.222 e. The molecule has 2 heterocycles. The van der Waals surface area contributed by atoms with Crippen LogP contribution in [0.1, 0.15) is 25.1 Å². The molecule has 3 rings (SSSR count). The summed E-state index contributed by atoms with van der Waals surface area (Å²) in [6.45, 7) is 4.56. The number of allylic oxidation sites excluding steroid dienone is 7. The zero-order valence-electron chi connectivity index (χ0n) is 17.4. The van der Waals surface area contributed by atoms with Crippen molar-refractivity contribution in [2.75, 3.05) is 6.54 Å². The SMILES string of the molecule is [B]NC(=C\C=C/C)/C(CCN)=C1N=C(/C=C/c2ccc(-c3ccccc3)s2)C=C\1C. The number of nitrogens with two attached hydrogens (primary N) is 1. The molecule has 1 aromatic carbocycles. The Morgan fingerprint density at radius 2 is 1.97 bits per heavy atom. The van der Waals surface area contributed by atoms with Crippen LogP contribution < -0.4 is 11.0 Å². The fourth-order valence-corrected chi connectivity index (χ4v) is 4.17. The van der Waals surface area contributed by atoms with Crippen molar-refractivity contribution in [3.8, 4) is 10.4 Å². The molecular weight excluding hydrogens is 385 g/mol. The highest BCUT2D eigenvalue weighted by atomic mass is 32.1. The summed E-state index contributed by atoms with van der Waals surface area (Å²) in [5.74, 6) is 0. The van der Waals surface area contributed by atoms with Crippen LogP contribution in [0.3, 0.4) is 0 Å². The van der Waals surface area contributed by atoms with E-state index in [-0.39, 0.29) is 0 Å². The van der Waals surface area contributed by atoms with Crippen LogP contribution in [-0.4, -0.2) is 20.2 Å². The Kier molecular flexibility index (Phi) is 7.83. The molecule has 0 saturated heterocycles. The lowest BCUT2D eigenvalue weighted by Gasteiger charge is -2.14. The van der Waals surface area contributed by atoms with E-state index in [0.717, 1.165) is 28.3 Å². The minimum absolute atomic E-state index is 0.527. The van der Waals surface area contributed by atoms with Crippen molar-refractivity contribution in [1.82, 2.24) is 5.23 Å². The Hall–Kier alpha value is -2.89. The molecule has 1 aromatic heterocycles. The number of aliphatic imine (C=N–C) groups is 1. The van der Waals surface area contributed by atoms with Crippen LogP contribution >= 0.6 is 11.3 Å². The maximum atomic E-state index is 5.85. The van der Waals surface area contributed by atoms with E-state index in [1.54, 1.807) is 11.3 Å². The summed E-state index contributed by atoms with van der Waals surface area (Å²) >= 11 is 1.77. The molecule has 5 heteroatoms. The molecule has 0 spiro atoms. The van der Waals surface area contributed by atoms with E-state index in [1.807, 2.05) is 31.2 Å². The summed E-state index contributed by atoms with van der Waals surface area (Å²) in [7, 11) is 5.77. The van der Waals surface area contributed by atoms with E-state index in [1.165, 1.54) is 15.3 Å². The van der Waals surface area contributed by atoms with E-state index in [0.29, 0.717) is 13.0 Å². The lowest BCUT2D eigenvalue weighted by Crippen LogP contribution is -2.14. The number of nitrogens with zero attached hydrogens (tertiary/aromatic N) is 1. The zero-order chi connectivity index (χ0) is 21.3. The molecule has 150 valence electrons. The Morgan fingerprint density at radius 3 is 2.67 bits per heavy atom. The van der Waals surface area contributed by atoms with E-state index < -0.39 is 0 Å². The van der Waals surface area contributed by atoms with Gasteiger partial charge in [0.2, 0.25) is 7.98 Å². The van der Waals surface area contributed by atoms with Crippen LogP contribution in [0.2, 0.25) is 0 Å². The molecule has 0 saturated carbocycles. The molecule has 0 aliphatic carbocycles. The van der Waals surface area contributed by atoms with Gasteiger partial charge in [0.25, 0.3) is 0 Å². The number of hydrogen-bond acceptors (Lipinski definition) is 4. The van der Waals surface area contributed by atoms with Crippen LogP contribution in [0, 0.1) is 0 Å². The molecule has 3 nitrogen and oxygen atoms in total. The van der Waals surface area contributed by atoms with E-state index in [4.69, 9.17) is 18.7 Å². The second-order valence-corrected chi connectivity index (χ2v) is 8.00. The lowest BCUT2D eigenvalue weighted by molar-refractivity contribution is 0.921. The fraction of sp³-hybridized carbons (Fsp3) is 0.160. The number of nitrogens with one attached hydrogen (secondary N) is 1. The summed E-state index contributed by atoms with van der Waals surface area (Å²) in [4.78, 5) is 7.30. The maximum Gasteiger partial charge on any atom is 0.222 e. The summed E-state index contributed by atoms with van der Waals surface area (Å²) < 4.78 is 0. The maximum absolute atomic E-state index is 5.85. The number of thiophene rings is 1. The van der Waals surface area contributed by atoms with Gasteiger partial charge < -0.3 is 11.0 Å². The molecule has 2 radical (unpaired) electrons. The first-order valence-electron chi connectivity index (χ1n) is 10.00. The normalized spacial score (nSPS) is 16.3. The lowest BCUT2D eigenvalue weighted by atomic mass is 10.0. The molecule has 1 aliphatic rings. The molecule has 1 aliphatic heterocycles. The largest absolute Gasteiger partial charge is 0.437 e. The van der Waals surface area contributed by atoms with Gasteiger partial charge in [-0.2, -0.15) is 0 Å². The third kappa shape index (κ3) is 5.38. The Bertz CT molecular complexity index is 1050. The number of rotatable bonds is 8. The van der Waals surface area contributed by atoms with Crippen molar-refractivity contribution < 1.29 is 0 Å². The molecule has 0 fully saturated rings. The topological polar surface area (TPSA) is 50.4 Å². The highest BCUT2D eigenvalue weighted by Gasteiger charge is 2.16. The third-order valence-electron chi connectivity index (χ3n) is 4.70. The van der Waals surface area contributed by atoms with Crippen LogP contribution in [0.4, 0.5) is 0 Å². The zero-order valence-corrected chi connectivity index (χ0v) is 18.2. The summed E-state index contributed by atoms with van der Waals surface area (Å²) in [5, 5.41) is 2.79. The molecular formula is C25H26BN3S. The highest BCUT2D eigenvalue weighted by Crippen LogP contribution is 2.30. The molecule has 3 N–H and O–H groups in total. The van der Waals surface area contributed by atoms with Gasteiger partial charge in [0.15, 0.2) is 0 Å². The molecule has 0 amide bonds. The average Bonchev–Trinajstić information content (AvgIpc) is 3.39. The predicted octanol–water partition coefficient (Wildman–Crippen LogP) is 5.57. The van der Waals surface area contributed by atoms with E-state index in [9.17, 15) is 0 Å². The van der Waals surface area contributed by atoms with Crippen LogP contribution in [0.5, 0.6) is 0 Å². The van der Waals surface area contributed by atoms with Crippen molar-refractivity contribution >= 4 is 31.1 Å². The van der Waals surface area contributed by atoms with Crippen LogP contribution in [0.15, 0.2) is 100 Å². The summed E-state index contributed by atoms with van der Waals surface area (Å²) in [6.07, 6.45) is 12.8. The second-order valence-electron chi connectivity index (χ2n) is 6.88. The minimum Gasteiger partial charge on any atom is -0.437 e. The first-order valence-corrected chi connectivity index (χ1v) is 10.8.